The lowest BCUT2D eigenvalue weighted by Crippen LogP contribution is -2.36. The maximum Gasteiger partial charge on any atom is 0.270 e. The smallest absolute Gasteiger partial charge is 0.270 e. The van der Waals surface area contributed by atoms with Crippen LogP contribution < -0.4 is 5.32 Å². The number of aromatic nitrogens is 4. The van der Waals surface area contributed by atoms with E-state index in [-0.39, 0.29) is 11.9 Å². The first-order valence-electron chi connectivity index (χ1n) is 10.1. The number of hydrogen-bond acceptors (Lipinski definition) is 7. The Balaban J connectivity index is 1.55. The van der Waals surface area contributed by atoms with Crippen molar-refractivity contribution in [2.75, 3.05) is 0 Å². The van der Waals surface area contributed by atoms with Crippen LogP contribution in [-0.2, 0) is 5.75 Å². The fourth-order valence-electron chi connectivity index (χ4n) is 2.83. The third-order valence-electron chi connectivity index (χ3n) is 4.94. The Labute approximate surface area is 193 Å². The van der Waals surface area contributed by atoms with E-state index in [9.17, 15) is 9.18 Å². The van der Waals surface area contributed by atoms with Gasteiger partial charge in [0.25, 0.3) is 5.91 Å². The van der Waals surface area contributed by atoms with Crippen LogP contribution in [0.2, 0.25) is 0 Å². The minimum Gasteiger partial charge on any atom is -0.461 e. The summed E-state index contributed by atoms with van der Waals surface area (Å²) in [5.41, 5.74) is 0.721. The number of para-hydroxylation sites is 1. The van der Waals surface area contributed by atoms with Crippen LogP contribution in [0.25, 0.3) is 17.3 Å². The Morgan fingerprint density at radius 1 is 1.22 bits per heavy atom. The summed E-state index contributed by atoms with van der Waals surface area (Å²) < 4.78 is 21.7. The Hall–Kier alpha value is -2.98. The Bertz CT molecular complexity index is 1200. The summed E-state index contributed by atoms with van der Waals surface area (Å²) in [5.74, 6) is 1.11. The van der Waals surface area contributed by atoms with Gasteiger partial charge in [-0.15, -0.1) is 21.5 Å². The maximum atomic E-state index is 14.6. The van der Waals surface area contributed by atoms with Crippen LogP contribution in [0.4, 0.5) is 4.39 Å². The van der Waals surface area contributed by atoms with Crippen LogP contribution in [0.1, 0.15) is 36.3 Å². The lowest BCUT2D eigenvalue weighted by Gasteiger charge is -2.16. The molecule has 0 aliphatic rings. The molecule has 0 saturated carbocycles. The van der Waals surface area contributed by atoms with Crippen molar-refractivity contribution in [3.8, 4) is 17.3 Å². The average molecular weight is 472 g/mol. The second-order valence-electron chi connectivity index (χ2n) is 7.49. The molecule has 4 aromatic rings. The number of thiazole rings is 1. The highest BCUT2D eigenvalue weighted by atomic mass is 32.2. The van der Waals surface area contributed by atoms with Crippen molar-refractivity contribution in [3.63, 3.8) is 0 Å². The molecular weight excluding hydrogens is 449 g/mol. The number of thioether (sulfide) groups is 1. The molecule has 0 spiro atoms. The maximum absolute atomic E-state index is 14.6. The number of benzene rings is 1. The first-order chi connectivity index (χ1) is 15.4. The SMILES string of the molecule is CC(C)C(C)NC(=O)c1csc(CSc2nnc(-c3ccco3)n2-c2ccccc2F)n1. The normalized spacial score (nSPS) is 12.3. The molecule has 7 nitrogen and oxygen atoms in total. The van der Waals surface area contributed by atoms with E-state index in [1.165, 1.54) is 35.4 Å². The van der Waals surface area contributed by atoms with Crippen molar-refractivity contribution < 1.29 is 13.6 Å². The fourth-order valence-corrected chi connectivity index (χ4v) is 4.57. The molecule has 0 fully saturated rings. The highest BCUT2D eigenvalue weighted by molar-refractivity contribution is 7.98. The van der Waals surface area contributed by atoms with Crippen molar-refractivity contribution in [2.45, 2.75) is 37.7 Å². The first-order valence-corrected chi connectivity index (χ1v) is 11.9. The number of carbonyl (C=O) groups is 1. The summed E-state index contributed by atoms with van der Waals surface area (Å²) in [4.78, 5) is 16.9. The van der Waals surface area contributed by atoms with Crippen molar-refractivity contribution in [2.24, 2.45) is 5.92 Å². The second kappa shape index (κ2) is 9.66. The molecular formula is C22H22FN5O2S2. The van der Waals surface area contributed by atoms with E-state index in [2.05, 4.69) is 34.3 Å². The standard InChI is InChI=1S/C22H22FN5O2S2/c1-13(2)14(3)24-21(29)16-11-31-19(25-16)12-32-22-27-26-20(18-9-6-10-30-18)28(22)17-8-5-4-7-15(17)23/h4-11,13-14H,12H2,1-3H3,(H,24,29). The van der Waals surface area contributed by atoms with Crippen LogP contribution in [0.5, 0.6) is 0 Å². The summed E-state index contributed by atoms with van der Waals surface area (Å²) in [6, 6.07) is 9.98. The molecule has 3 heterocycles. The number of carbonyl (C=O) groups excluding carboxylic acids is 1. The van der Waals surface area contributed by atoms with Gasteiger partial charge in [0.15, 0.2) is 10.9 Å². The molecule has 1 N–H and O–H groups in total. The molecule has 0 radical (unpaired) electrons. The number of rotatable bonds is 8. The Kier molecular flexibility index (Phi) is 6.71. The zero-order chi connectivity index (χ0) is 22.7. The quantitative estimate of drug-likeness (QED) is 0.356. The van der Waals surface area contributed by atoms with Crippen LogP contribution >= 0.6 is 23.1 Å². The number of amides is 1. The third kappa shape index (κ3) is 4.76. The van der Waals surface area contributed by atoms with Crippen molar-refractivity contribution in [1.82, 2.24) is 25.1 Å². The zero-order valence-electron chi connectivity index (χ0n) is 17.8. The second-order valence-corrected chi connectivity index (χ2v) is 9.38. The van der Waals surface area contributed by atoms with Crippen LogP contribution in [0.15, 0.2) is 57.6 Å². The largest absolute Gasteiger partial charge is 0.461 e. The van der Waals surface area contributed by atoms with Crippen molar-refractivity contribution >= 4 is 29.0 Å². The van der Waals surface area contributed by atoms with Gasteiger partial charge in [0.2, 0.25) is 5.82 Å². The van der Waals surface area contributed by atoms with Gasteiger partial charge in [-0.25, -0.2) is 9.37 Å². The highest BCUT2D eigenvalue weighted by Gasteiger charge is 2.21. The van der Waals surface area contributed by atoms with E-state index in [0.29, 0.717) is 39.8 Å². The summed E-state index contributed by atoms with van der Waals surface area (Å²) in [6.45, 7) is 6.07. The van der Waals surface area contributed by atoms with E-state index in [1.807, 2.05) is 6.92 Å². The van der Waals surface area contributed by atoms with E-state index < -0.39 is 5.82 Å². The molecule has 166 valence electrons. The number of hydrogen-bond donors (Lipinski definition) is 1. The number of nitrogens with zero attached hydrogens (tertiary/aromatic N) is 4. The zero-order valence-corrected chi connectivity index (χ0v) is 19.4. The van der Waals surface area contributed by atoms with Crippen molar-refractivity contribution in [1.29, 1.82) is 0 Å². The lowest BCUT2D eigenvalue weighted by molar-refractivity contribution is 0.0926. The molecule has 0 bridgehead atoms. The molecule has 3 aromatic heterocycles. The van der Waals surface area contributed by atoms with E-state index in [4.69, 9.17) is 4.42 Å². The predicted molar refractivity (Wildman–Crippen MR) is 122 cm³/mol. The van der Waals surface area contributed by atoms with Gasteiger partial charge >= 0.3 is 0 Å². The lowest BCUT2D eigenvalue weighted by atomic mass is 10.1. The van der Waals surface area contributed by atoms with Gasteiger partial charge in [0, 0.05) is 11.4 Å². The minimum absolute atomic E-state index is 0.0568. The summed E-state index contributed by atoms with van der Waals surface area (Å²) >= 11 is 2.76. The molecule has 1 amide bonds. The average Bonchev–Trinajstić information content (AvgIpc) is 3.52. The van der Waals surface area contributed by atoms with Gasteiger partial charge in [-0.2, -0.15) is 0 Å². The van der Waals surface area contributed by atoms with Gasteiger partial charge in [0.1, 0.15) is 16.5 Å². The highest BCUT2D eigenvalue weighted by Crippen LogP contribution is 2.31. The van der Waals surface area contributed by atoms with Crippen LogP contribution in [0, 0.1) is 11.7 Å². The molecule has 1 aromatic carbocycles. The molecule has 0 saturated heterocycles. The third-order valence-corrected chi connectivity index (χ3v) is 6.91. The van der Waals surface area contributed by atoms with E-state index >= 15 is 0 Å². The van der Waals surface area contributed by atoms with Gasteiger partial charge in [0.05, 0.1) is 17.7 Å². The number of halogens is 1. The molecule has 4 rings (SSSR count). The molecule has 1 unspecified atom stereocenters. The van der Waals surface area contributed by atoms with Crippen molar-refractivity contribution in [3.05, 3.63) is 64.6 Å². The number of nitrogens with one attached hydrogen (secondary N) is 1. The van der Waals surface area contributed by atoms with Gasteiger partial charge < -0.3 is 9.73 Å². The Morgan fingerprint density at radius 3 is 2.75 bits per heavy atom. The van der Waals surface area contributed by atoms with Gasteiger partial charge in [-0.3, -0.25) is 9.36 Å². The fraction of sp³-hybridized carbons (Fsp3) is 0.273. The topological polar surface area (TPSA) is 85.8 Å². The van der Waals surface area contributed by atoms with E-state index in [0.717, 1.165) is 5.01 Å². The molecule has 32 heavy (non-hydrogen) atoms. The van der Waals surface area contributed by atoms with Gasteiger partial charge in [-0.05, 0) is 37.1 Å². The van der Waals surface area contributed by atoms with E-state index in [1.54, 1.807) is 40.3 Å². The summed E-state index contributed by atoms with van der Waals surface area (Å²) in [7, 11) is 0. The first kappa shape index (κ1) is 22.2. The van der Waals surface area contributed by atoms with Crippen LogP contribution in [-0.4, -0.2) is 31.7 Å². The van der Waals surface area contributed by atoms with Crippen LogP contribution in [0.3, 0.4) is 0 Å². The molecule has 10 heteroatoms. The Morgan fingerprint density at radius 2 is 2.03 bits per heavy atom. The molecule has 0 aliphatic carbocycles. The summed E-state index contributed by atoms with van der Waals surface area (Å²) in [6.07, 6.45) is 1.53. The van der Waals surface area contributed by atoms with Gasteiger partial charge in [-0.1, -0.05) is 37.7 Å². The number of furan rings is 1. The molecule has 1 atom stereocenters. The summed E-state index contributed by atoms with van der Waals surface area (Å²) in [5, 5.41) is 14.4. The molecule has 0 aliphatic heterocycles. The minimum atomic E-state index is -0.394. The monoisotopic (exact) mass is 471 g/mol. The predicted octanol–water partition coefficient (Wildman–Crippen LogP) is 5.19.